The van der Waals surface area contributed by atoms with Gasteiger partial charge in [0, 0.05) is 13.6 Å². The number of likely N-dealkylation sites (N-methyl/N-ethyl adjacent to an activating group) is 1. The van der Waals surface area contributed by atoms with Gasteiger partial charge in [-0.1, -0.05) is 42.5 Å². The number of methoxy groups -OCH3 is 1. The molecule has 116 valence electrons. The molecule has 22 heavy (non-hydrogen) atoms. The van der Waals surface area contributed by atoms with Crippen molar-refractivity contribution < 1.29 is 9.84 Å². The SMILES string of the molecule is COc1ccccc1NC(=S)N(C)CC(O)c1ccccc1. The van der Waals surface area contributed by atoms with E-state index in [2.05, 4.69) is 5.32 Å². The maximum Gasteiger partial charge on any atom is 0.173 e. The largest absolute Gasteiger partial charge is 0.495 e. The van der Waals surface area contributed by atoms with Gasteiger partial charge < -0.3 is 20.1 Å². The Kier molecular flexibility index (Phi) is 5.75. The third-order valence-electron chi connectivity index (χ3n) is 3.33. The Morgan fingerprint density at radius 2 is 1.82 bits per heavy atom. The van der Waals surface area contributed by atoms with E-state index in [0.717, 1.165) is 17.0 Å². The Balaban J connectivity index is 1.97. The number of nitrogens with zero attached hydrogens (tertiary/aromatic N) is 1. The minimum atomic E-state index is -0.594. The highest BCUT2D eigenvalue weighted by molar-refractivity contribution is 7.80. The zero-order valence-electron chi connectivity index (χ0n) is 12.7. The van der Waals surface area contributed by atoms with E-state index in [1.54, 1.807) is 12.0 Å². The van der Waals surface area contributed by atoms with Gasteiger partial charge in [-0.15, -0.1) is 0 Å². The molecule has 0 saturated carbocycles. The van der Waals surface area contributed by atoms with E-state index in [0.29, 0.717) is 11.7 Å². The van der Waals surface area contributed by atoms with Crippen molar-refractivity contribution in [2.75, 3.05) is 26.0 Å². The summed E-state index contributed by atoms with van der Waals surface area (Å²) < 4.78 is 5.29. The lowest BCUT2D eigenvalue weighted by Gasteiger charge is -2.24. The lowest BCUT2D eigenvalue weighted by Crippen LogP contribution is -2.34. The number of thiocarbonyl (C=S) groups is 1. The molecule has 0 heterocycles. The predicted octanol–water partition coefficient (Wildman–Crippen LogP) is 3.06. The molecule has 4 nitrogen and oxygen atoms in total. The third kappa shape index (κ3) is 4.19. The van der Waals surface area contributed by atoms with Crippen molar-refractivity contribution in [1.29, 1.82) is 0 Å². The topological polar surface area (TPSA) is 44.7 Å². The average molecular weight is 316 g/mol. The molecule has 0 amide bonds. The lowest BCUT2D eigenvalue weighted by atomic mass is 10.1. The first-order chi connectivity index (χ1) is 10.6. The predicted molar refractivity (Wildman–Crippen MR) is 93.2 cm³/mol. The van der Waals surface area contributed by atoms with E-state index in [1.165, 1.54) is 0 Å². The summed E-state index contributed by atoms with van der Waals surface area (Å²) in [6, 6.07) is 17.1. The summed E-state index contributed by atoms with van der Waals surface area (Å²) in [5.41, 5.74) is 1.67. The molecular formula is C17H20N2O2S. The summed E-state index contributed by atoms with van der Waals surface area (Å²) in [5.74, 6) is 0.724. The molecule has 0 spiro atoms. The van der Waals surface area contributed by atoms with Crippen LogP contribution in [0.25, 0.3) is 0 Å². The molecule has 0 aromatic heterocycles. The quantitative estimate of drug-likeness (QED) is 0.830. The van der Waals surface area contributed by atoms with Gasteiger partial charge in [-0.3, -0.25) is 0 Å². The number of nitrogens with one attached hydrogen (secondary N) is 1. The van der Waals surface area contributed by atoms with Gasteiger partial charge in [0.1, 0.15) is 5.75 Å². The maximum absolute atomic E-state index is 10.3. The third-order valence-corrected chi connectivity index (χ3v) is 3.74. The summed E-state index contributed by atoms with van der Waals surface area (Å²) in [4.78, 5) is 1.80. The van der Waals surface area contributed by atoms with Gasteiger partial charge in [0.2, 0.25) is 0 Å². The van der Waals surface area contributed by atoms with Crippen molar-refractivity contribution in [3.8, 4) is 5.75 Å². The van der Waals surface area contributed by atoms with Gasteiger partial charge >= 0.3 is 0 Å². The van der Waals surface area contributed by atoms with Gasteiger partial charge in [-0.25, -0.2) is 0 Å². The van der Waals surface area contributed by atoms with Crippen LogP contribution in [0.15, 0.2) is 54.6 Å². The van der Waals surface area contributed by atoms with Crippen molar-refractivity contribution >= 4 is 23.0 Å². The molecular weight excluding hydrogens is 296 g/mol. The number of benzene rings is 2. The maximum atomic E-state index is 10.3. The summed E-state index contributed by atoms with van der Waals surface area (Å²) in [6.07, 6.45) is -0.594. The van der Waals surface area contributed by atoms with E-state index >= 15 is 0 Å². The van der Waals surface area contributed by atoms with Gasteiger partial charge in [0.05, 0.1) is 18.9 Å². The number of rotatable bonds is 5. The molecule has 0 aliphatic heterocycles. The van der Waals surface area contributed by atoms with Gasteiger partial charge in [0.15, 0.2) is 5.11 Å². The Bertz CT molecular complexity index is 619. The van der Waals surface area contributed by atoms with Crippen molar-refractivity contribution in [1.82, 2.24) is 4.90 Å². The first kappa shape index (κ1) is 16.3. The highest BCUT2D eigenvalue weighted by Gasteiger charge is 2.13. The molecule has 0 radical (unpaired) electrons. The van der Waals surface area contributed by atoms with Crippen LogP contribution in [0, 0.1) is 0 Å². The fourth-order valence-corrected chi connectivity index (χ4v) is 2.27. The van der Waals surface area contributed by atoms with Crippen LogP contribution in [0.4, 0.5) is 5.69 Å². The van der Waals surface area contributed by atoms with E-state index in [4.69, 9.17) is 17.0 Å². The average Bonchev–Trinajstić information content (AvgIpc) is 2.56. The molecule has 0 aliphatic carbocycles. The minimum Gasteiger partial charge on any atom is -0.495 e. The lowest BCUT2D eigenvalue weighted by molar-refractivity contribution is 0.152. The summed E-state index contributed by atoms with van der Waals surface area (Å²) >= 11 is 5.38. The molecule has 1 atom stereocenters. The molecule has 2 rings (SSSR count). The van der Waals surface area contributed by atoms with E-state index in [-0.39, 0.29) is 0 Å². The number of para-hydroxylation sites is 2. The van der Waals surface area contributed by atoms with Crippen molar-refractivity contribution in [3.05, 3.63) is 60.2 Å². The second kappa shape index (κ2) is 7.77. The second-order valence-corrected chi connectivity index (χ2v) is 5.32. The van der Waals surface area contributed by atoms with Crippen molar-refractivity contribution in [2.45, 2.75) is 6.10 Å². The number of hydrogen-bond donors (Lipinski definition) is 2. The summed E-state index contributed by atoms with van der Waals surface area (Å²) in [6.45, 7) is 0.408. The molecule has 0 aliphatic rings. The van der Waals surface area contributed by atoms with Crippen molar-refractivity contribution in [3.63, 3.8) is 0 Å². The summed E-state index contributed by atoms with van der Waals surface area (Å²) in [5, 5.41) is 13.9. The van der Waals surface area contributed by atoms with Gasteiger partial charge in [-0.2, -0.15) is 0 Å². The van der Waals surface area contributed by atoms with Crippen molar-refractivity contribution in [2.24, 2.45) is 0 Å². The number of aliphatic hydroxyl groups excluding tert-OH is 1. The van der Waals surface area contributed by atoms with Crippen LogP contribution in [-0.4, -0.2) is 35.8 Å². The second-order valence-electron chi connectivity index (χ2n) is 4.94. The van der Waals surface area contributed by atoms with Gasteiger partial charge in [-0.05, 0) is 29.9 Å². The minimum absolute atomic E-state index is 0.408. The standard InChI is InChI=1S/C17H20N2O2S/c1-19(12-15(20)13-8-4-3-5-9-13)17(22)18-14-10-6-7-11-16(14)21-2/h3-11,15,20H,12H2,1-2H3,(H,18,22). The van der Waals surface area contributed by atoms with E-state index in [1.807, 2.05) is 61.6 Å². The first-order valence-electron chi connectivity index (χ1n) is 7.00. The molecule has 0 saturated heterocycles. The zero-order valence-corrected chi connectivity index (χ0v) is 13.5. The van der Waals surface area contributed by atoms with Crippen LogP contribution in [-0.2, 0) is 0 Å². The number of aliphatic hydroxyl groups is 1. The summed E-state index contributed by atoms with van der Waals surface area (Å²) in [7, 11) is 3.46. The molecule has 0 bridgehead atoms. The Morgan fingerprint density at radius 1 is 1.18 bits per heavy atom. The van der Waals surface area contributed by atoms with Crippen LogP contribution in [0.1, 0.15) is 11.7 Å². The number of ether oxygens (including phenoxy) is 1. The monoisotopic (exact) mass is 316 g/mol. The fraction of sp³-hybridized carbons (Fsp3) is 0.235. The molecule has 2 N–H and O–H groups in total. The van der Waals surface area contributed by atoms with Crippen LogP contribution < -0.4 is 10.1 Å². The zero-order chi connectivity index (χ0) is 15.9. The highest BCUT2D eigenvalue weighted by atomic mass is 32.1. The first-order valence-corrected chi connectivity index (χ1v) is 7.40. The Morgan fingerprint density at radius 3 is 2.50 bits per heavy atom. The molecule has 0 fully saturated rings. The number of hydrogen-bond acceptors (Lipinski definition) is 3. The normalized spacial score (nSPS) is 11.6. The molecule has 2 aromatic rings. The molecule has 5 heteroatoms. The van der Waals surface area contributed by atoms with Crippen LogP contribution in [0.2, 0.25) is 0 Å². The van der Waals surface area contributed by atoms with Crippen LogP contribution >= 0.6 is 12.2 Å². The highest BCUT2D eigenvalue weighted by Crippen LogP contribution is 2.23. The van der Waals surface area contributed by atoms with Gasteiger partial charge in [0.25, 0.3) is 0 Å². The van der Waals surface area contributed by atoms with Crippen LogP contribution in [0.3, 0.4) is 0 Å². The Hall–Kier alpha value is -2.11. The van der Waals surface area contributed by atoms with Crippen LogP contribution in [0.5, 0.6) is 5.75 Å². The Labute approximate surface area is 136 Å². The number of anilines is 1. The van der Waals surface area contributed by atoms with E-state index < -0.39 is 6.10 Å². The fourth-order valence-electron chi connectivity index (χ4n) is 2.08. The molecule has 1 unspecified atom stereocenters. The molecule has 2 aromatic carbocycles. The smallest absolute Gasteiger partial charge is 0.173 e. The van der Waals surface area contributed by atoms with E-state index in [9.17, 15) is 5.11 Å².